The van der Waals surface area contributed by atoms with Crippen molar-refractivity contribution >= 4 is 23.4 Å². The highest BCUT2D eigenvalue weighted by Gasteiger charge is 2.30. The Kier molecular flexibility index (Phi) is 6.53. The minimum atomic E-state index is -0.384. The van der Waals surface area contributed by atoms with Crippen LogP contribution in [0.1, 0.15) is 54.6 Å². The maximum Gasteiger partial charge on any atom is 0.253 e. The van der Waals surface area contributed by atoms with Crippen LogP contribution in [0.4, 0.5) is 10.1 Å². The molecule has 1 saturated carbocycles. The zero-order valence-corrected chi connectivity index (χ0v) is 18.1. The number of hydrogen-bond donors (Lipinski definition) is 2. The van der Waals surface area contributed by atoms with E-state index in [1.54, 1.807) is 4.90 Å². The van der Waals surface area contributed by atoms with E-state index in [0.29, 0.717) is 18.7 Å². The standard InChI is InChI=1S/C25H28FN3O3/c1-16(17-8-12-22(13-9-17)28-23(30)18-4-5-18)27-24(31)20-3-2-14-29(15-20)25(32)19-6-10-21(26)11-7-19/h6-13,16,18,20H,2-5,14-15H2,1H3,(H,27,31)(H,28,30). The number of hydrogen-bond acceptors (Lipinski definition) is 3. The van der Waals surface area contributed by atoms with Gasteiger partial charge in [0, 0.05) is 30.3 Å². The summed E-state index contributed by atoms with van der Waals surface area (Å²) in [6, 6.07) is 12.8. The van der Waals surface area contributed by atoms with Crippen molar-refractivity contribution in [2.24, 2.45) is 11.8 Å². The summed E-state index contributed by atoms with van der Waals surface area (Å²) in [5.74, 6) is -0.717. The van der Waals surface area contributed by atoms with Crippen LogP contribution in [0, 0.1) is 17.7 Å². The number of nitrogens with zero attached hydrogens (tertiary/aromatic N) is 1. The van der Waals surface area contributed by atoms with E-state index >= 15 is 0 Å². The van der Waals surface area contributed by atoms with Crippen molar-refractivity contribution in [2.75, 3.05) is 18.4 Å². The number of rotatable bonds is 6. The van der Waals surface area contributed by atoms with Crippen LogP contribution in [0.2, 0.25) is 0 Å². The highest BCUT2D eigenvalue weighted by atomic mass is 19.1. The van der Waals surface area contributed by atoms with Gasteiger partial charge in [-0.15, -0.1) is 0 Å². The number of nitrogens with one attached hydrogen (secondary N) is 2. The summed E-state index contributed by atoms with van der Waals surface area (Å²) in [4.78, 5) is 39.1. The van der Waals surface area contributed by atoms with Gasteiger partial charge >= 0.3 is 0 Å². The first-order valence-electron chi connectivity index (χ1n) is 11.2. The van der Waals surface area contributed by atoms with Gasteiger partial charge in [0.25, 0.3) is 5.91 Å². The molecule has 0 radical (unpaired) electrons. The Hall–Kier alpha value is -3.22. The Labute approximate surface area is 187 Å². The normalized spacial score (nSPS) is 19.2. The number of carbonyl (C=O) groups is 3. The van der Waals surface area contributed by atoms with Gasteiger partial charge in [-0.3, -0.25) is 14.4 Å². The summed E-state index contributed by atoms with van der Waals surface area (Å²) in [6.45, 7) is 2.85. The fourth-order valence-electron chi connectivity index (χ4n) is 4.01. The molecule has 2 aromatic rings. The monoisotopic (exact) mass is 437 g/mol. The van der Waals surface area contributed by atoms with E-state index in [9.17, 15) is 18.8 Å². The molecular formula is C25H28FN3O3. The van der Waals surface area contributed by atoms with Crippen LogP contribution >= 0.6 is 0 Å². The molecule has 1 heterocycles. The Morgan fingerprint density at radius 3 is 2.28 bits per heavy atom. The average Bonchev–Trinajstić information content (AvgIpc) is 3.65. The second kappa shape index (κ2) is 9.51. The van der Waals surface area contributed by atoms with Crippen molar-refractivity contribution in [3.05, 3.63) is 65.5 Å². The number of amides is 3. The molecule has 2 aliphatic rings. The Morgan fingerprint density at radius 1 is 0.938 bits per heavy atom. The Morgan fingerprint density at radius 2 is 1.62 bits per heavy atom. The highest BCUT2D eigenvalue weighted by molar-refractivity contribution is 5.95. The SMILES string of the molecule is CC(NC(=O)C1CCCN(C(=O)c2ccc(F)cc2)C1)c1ccc(NC(=O)C2CC2)cc1. The molecule has 4 rings (SSSR count). The summed E-state index contributed by atoms with van der Waals surface area (Å²) in [5, 5.41) is 5.96. The smallest absolute Gasteiger partial charge is 0.253 e. The third kappa shape index (κ3) is 5.33. The second-order valence-corrected chi connectivity index (χ2v) is 8.71. The summed E-state index contributed by atoms with van der Waals surface area (Å²) < 4.78 is 13.1. The number of anilines is 1. The number of halogens is 1. The molecule has 2 aromatic carbocycles. The molecule has 7 heteroatoms. The lowest BCUT2D eigenvalue weighted by molar-refractivity contribution is -0.127. The van der Waals surface area contributed by atoms with Gasteiger partial charge in [-0.1, -0.05) is 12.1 Å². The van der Waals surface area contributed by atoms with E-state index < -0.39 is 0 Å². The third-order valence-corrected chi connectivity index (χ3v) is 6.16. The second-order valence-electron chi connectivity index (χ2n) is 8.71. The number of benzene rings is 2. The molecule has 1 saturated heterocycles. The number of carbonyl (C=O) groups excluding carboxylic acids is 3. The van der Waals surface area contributed by atoms with Crippen molar-refractivity contribution in [3.63, 3.8) is 0 Å². The van der Waals surface area contributed by atoms with Crippen LogP contribution in [-0.2, 0) is 9.59 Å². The van der Waals surface area contributed by atoms with Crippen LogP contribution in [0.25, 0.3) is 0 Å². The van der Waals surface area contributed by atoms with Gasteiger partial charge < -0.3 is 15.5 Å². The molecule has 6 nitrogen and oxygen atoms in total. The van der Waals surface area contributed by atoms with Crippen LogP contribution in [-0.4, -0.2) is 35.7 Å². The molecule has 2 unspecified atom stereocenters. The molecule has 3 amide bonds. The van der Waals surface area contributed by atoms with Gasteiger partial charge in [-0.2, -0.15) is 0 Å². The lowest BCUT2D eigenvalue weighted by Gasteiger charge is -2.32. The third-order valence-electron chi connectivity index (χ3n) is 6.16. The summed E-state index contributed by atoms with van der Waals surface area (Å²) in [6.07, 6.45) is 3.38. The summed E-state index contributed by atoms with van der Waals surface area (Å²) in [7, 11) is 0. The molecule has 0 aromatic heterocycles. The first kappa shape index (κ1) is 22.0. The van der Waals surface area contributed by atoms with Gasteiger partial charge in [0.05, 0.1) is 12.0 Å². The lowest BCUT2D eigenvalue weighted by Crippen LogP contribution is -2.45. The molecule has 2 N–H and O–H groups in total. The first-order chi connectivity index (χ1) is 15.4. The van der Waals surface area contributed by atoms with Gasteiger partial charge in [0.15, 0.2) is 0 Å². The Bertz CT molecular complexity index is 986. The summed E-state index contributed by atoms with van der Waals surface area (Å²) in [5.41, 5.74) is 2.12. The van der Waals surface area contributed by atoms with Crippen LogP contribution in [0.3, 0.4) is 0 Å². The van der Waals surface area contributed by atoms with Gasteiger partial charge in [-0.25, -0.2) is 4.39 Å². The topological polar surface area (TPSA) is 78.5 Å². The van der Waals surface area contributed by atoms with E-state index in [2.05, 4.69) is 10.6 Å². The number of likely N-dealkylation sites (tertiary alicyclic amines) is 1. The molecule has 0 bridgehead atoms. The van der Waals surface area contributed by atoms with Crippen molar-refractivity contribution < 1.29 is 18.8 Å². The maximum absolute atomic E-state index is 13.1. The first-order valence-corrected chi connectivity index (χ1v) is 11.2. The summed E-state index contributed by atoms with van der Waals surface area (Å²) >= 11 is 0. The molecule has 0 spiro atoms. The Balaban J connectivity index is 1.31. The van der Waals surface area contributed by atoms with Gasteiger partial charge in [0.1, 0.15) is 5.82 Å². The zero-order valence-electron chi connectivity index (χ0n) is 18.1. The quantitative estimate of drug-likeness (QED) is 0.719. The maximum atomic E-state index is 13.1. The minimum Gasteiger partial charge on any atom is -0.349 e. The van der Waals surface area contributed by atoms with E-state index in [1.807, 2.05) is 31.2 Å². The molecular weight excluding hydrogens is 409 g/mol. The van der Waals surface area contributed by atoms with Crippen molar-refractivity contribution in [1.82, 2.24) is 10.2 Å². The van der Waals surface area contributed by atoms with E-state index in [0.717, 1.165) is 36.9 Å². The van der Waals surface area contributed by atoms with Crippen LogP contribution in [0.15, 0.2) is 48.5 Å². The molecule has 32 heavy (non-hydrogen) atoms. The molecule has 2 atom stereocenters. The van der Waals surface area contributed by atoms with Crippen LogP contribution < -0.4 is 10.6 Å². The number of piperidine rings is 1. The molecule has 2 fully saturated rings. The van der Waals surface area contributed by atoms with Crippen molar-refractivity contribution in [3.8, 4) is 0 Å². The lowest BCUT2D eigenvalue weighted by atomic mass is 9.95. The molecule has 1 aliphatic heterocycles. The van der Waals surface area contributed by atoms with E-state index in [4.69, 9.17) is 0 Å². The van der Waals surface area contributed by atoms with Crippen molar-refractivity contribution in [2.45, 2.75) is 38.6 Å². The predicted molar refractivity (Wildman–Crippen MR) is 119 cm³/mol. The van der Waals surface area contributed by atoms with E-state index in [1.165, 1.54) is 24.3 Å². The molecule has 1 aliphatic carbocycles. The average molecular weight is 438 g/mol. The van der Waals surface area contributed by atoms with Gasteiger partial charge in [0.2, 0.25) is 11.8 Å². The minimum absolute atomic E-state index is 0.0659. The predicted octanol–water partition coefficient (Wildman–Crippen LogP) is 3.90. The van der Waals surface area contributed by atoms with E-state index in [-0.39, 0.29) is 41.4 Å². The fraction of sp³-hybridized carbons (Fsp3) is 0.400. The van der Waals surface area contributed by atoms with Crippen molar-refractivity contribution in [1.29, 1.82) is 0 Å². The van der Waals surface area contributed by atoms with Crippen LogP contribution in [0.5, 0.6) is 0 Å². The highest BCUT2D eigenvalue weighted by Crippen LogP contribution is 2.30. The fourth-order valence-corrected chi connectivity index (χ4v) is 4.01. The van der Waals surface area contributed by atoms with Gasteiger partial charge in [-0.05, 0) is 74.6 Å². The zero-order chi connectivity index (χ0) is 22.7. The molecule has 168 valence electrons. The largest absolute Gasteiger partial charge is 0.349 e.